The Balaban J connectivity index is 2.02. The SMILES string of the molecule is [C-]#[N+]c1ccc2c(c1)oc1c(-c3c4ccccc4cc[n+]3C)c(C)cc(C(C)(C)C)c12. The first-order valence-electron chi connectivity index (χ1n) is 10.5. The van der Waals surface area contributed by atoms with Gasteiger partial charge in [0, 0.05) is 16.8 Å². The van der Waals surface area contributed by atoms with Crippen LogP contribution in [-0.4, -0.2) is 0 Å². The molecule has 31 heavy (non-hydrogen) atoms. The topological polar surface area (TPSA) is 21.4 Å². The number of hydrogen-bond acceptors (Lipinski definition) is 1. The number of furan rings is 1. The van der Waals surface area contributed by atoms with Gasteiger partial charge >= 0.3 is 0 Å². The van der Waals surface area contributed by atoms with Crippen LogP contribution < -0.4 is 4.57 Å². The number of rotatable bonds is 1. The number of benzene rings is 3. The highest BCUT2D eigenvalue weighted by molar-refractivity contribution is 6.14. The number of pyridine rings is 1. The first-order valence-corrected chi connectivity index (χ1v) is 10.5. The van der Waals surface area contributed by atoms with Gasteiger partial charge in [0.25, 0.3) is 0 Å². The van der Waals surface area contributed by atoms with Crippen molar-refractivity contribution in [3.05, 3.63) is 83.3 Å². The number of fused-ring (bicyclic) bond motifs is 4. The number of aryl methyl sites for hydroxylation is 2. The minimum absolute atomic E-state index is 0.0439. The fourth-order valence-electron chi connectivity index (χ4n) is 4.65. The van der Waals surface area contributed by atoms with Crippen LogP contribution in [0.1, 0.15) is 31.9 Å². The first kappa shape index (κ1) is 19.3. The van der Waals surface area contributed by atoms with E-state index in [0.29, 0.717) is 5.69 Å². The molecule has 0 saturated heterocycles. The molecule has 0 N–H and O–H groups in total. The summed E-state index contributed by atoms with van der Waals surface area (Å²) in [6.07, 6.45) is 2.11. The third kappa shape index (κ3) is 2.91. The first-order chi connectivity index (χ1) is 14.8. The molecule has 152 valence electrons. The minimum atomic E-state index is -0.0439. The Morgan fingerprint density at radius 3 is 2.48 bits per heavy atom. The zero-order valence-corrected chi connectivity index (χ0v) is 18.6. The summed E-state index contributed by atoms with van der Waals surface area (Å²) in [5, 5.41) is 4.61. The largest absolute Gasteiger partial charge is 0.456 e. The van der Waals surface area contributed by atoms with Gasteiger partial charge in [-0.3, -0.25) is 0 Å². The van der Waals surface area contributed by atoms with E-state index in [1.165, 1.54) is 21.9 Å². The lowest BCUT2D eigenvalue weighted by Crippen LogP contribution is -2.31. The molecule has 0 aliphatic heterocycles. The molecule has 0 saturated carbocycles. The zero-order chi connectivity index (χ0) is 21.9. The van der Waals surface area contributed by atoms with Crippen molar-refractivity contribution in [1.82, 2.24) is 0 Å². The van der Waals surface area contributed by atoms with Crippen molar-refractivity contribution >= 4 is 38.4 Å². The highest BCUT2D eigenvalue weighted by Gasteiger charge is 2.28. The van der Waals surface area contributed by atoms with Gasteiger partial charge in [-0.15, -0.1) is 0 Å². The Morgan fingerprint density at radius 2 is 1.74 bits per heavy atom. The van der Waals surface area contributed by atoms with Gasteiger partial charge in [0.15, 0.2) is 11.9 Å². The lowest BCUT2D eigenvalue weighted by Gasteiger charge is -2.22. The van der Waals surface area contributed by atoms with Crippen LogP contribution in [0.15, 0.2) is 65.2 Å². The summed E-state index contributed by atoms with van der Waals surface area (Å²) >= 11 is 0. The minimum Gasteiger partial charge on any atom is -0.456 e. The molecule has 0 spiro atoms. The predicted molar refractivity (Wildman–Crippen MR) is 128 cm³/mol. The molecule has 0 aliphatic rings. The van der Waals surface area contributed by atoms with Gasteiger partial charge in [-0.2, -0.15) is 0 Å². The predicted octanol–water partition coefficient (Wildman–Crippen LogP) is 7.39. The second-order valence-electron chi connectivity index (χ2n) is 9.33. The van der Waals surface area contributed by atoms with E-state index < -0.39 is 0 Å². The Labute approximate surface area is 182 Å². The summed E-state index contributed by atoms with van der Waals surface area (Å²) in [4.78, 5) is 3.60. The lowest BCUT2D eigenvalue weighted by molar-refractivity contribution is -0.659. The van der Waals surface area contributed by atoms with Crippen molar-refractivity contribution < 1.29 is 8.98 Å². The Kier molecular flexibility index (Phi) is 4.17. The molecule has 0 radical (unpaired) electrons. The Bertz CT molecular complexity index is 1540. The highest BCUT2D eigenvalue weighted by atomic mass is 16.3. The zero-order valence-electron chi connectivity index (χ0n) is 18.6. The van der Waals surface area contributed by atoms with Gasteiger partial charge < -0.3 is 4.42 Å². The summed E-state index contributed by atoms with van der Waals surface area (Å²) in [6.45, 7) is 16.3. The summed E-state index contributed by atoms with van der Waals surface area (Å²) < 4.78 is 8.72. The molecular formula is C28H25N2O+. The fraction of sp³-hybridized carbons (Fsp3) is 0.214. The van der Waals surface area contributed by atoms with Crippen LogP contribution in [0.25, 0.3) is 48.8 Å². The average molecular weight is 406 g/mol. The van der Waals surface area contributed by atoms with Crippen molar-refractivity contribution in [2.45, 2.75) is 33.1 Å². The van der Waals surface area contributed by atoms with Crippen LogP contribution in [0.2, 0.25) is 0 Å². The molecule has 5 rings (SSSR count). The second kappa shape index (κ2) is 6.68. The van der Waals surface area contributed by atoms with Crippen molar-refractivity contribution in [2.75, 3.05) is 0 Å². The van der Waals surface area contributed by atoms with E-state index in [1.54, 1.807) is 0 Å². The van der Waals surface area contributed by atoms with E-state index in [9.17, 15) is 0 Å². The smallest absolute Gasteiger partial charge is 0.224 e. The van der Waals surface area contributed by atoms with Crippen LogP contribution >= 0.6 is 0 Å². The van der Waals surface area contributed by atoms with Gasteiger partial charge in [-0.05, 0) is 41.0 Å². The van der Waals surface area contributed by atoms with Crippen LogP contribution in [0.4, 0.5) is 5.69 Å². The van der Waals surface area contributed by atoms with Gasteiger partial charge in [0.05, 0.1) is 17.5 Å². The van der Waals surface area contributed by atoms with E-state index in [4.69, 9.17) is 11.0 Å². The number of aromatic nitrogens is 1. The summed E-state index contributed by atoms with van der Waals surface area (Å²) in [5.74, 6) is 0. The quantitative estimate of drug-likeness (QED) is 0.210. The number of nitrogens with zero attached hydrogens (tertiary/aromatic N) is 2. The molecule has 0 atom stereocenters. The van der Waals surface area contributed by atoms with Gasteiger partial charge in [-0.25, -0.2) is 9.41 Å². The van der Waals surface area contributed by atoms with Crippen LogP contribution in [-0.2, 0) is 12.5 Å². The van der Waals surface area contributed by atoms with Crippen LogP contribution in [0, 0.1) is 13.5 Å². The maximum absolute atomic E-state index is 7.40. The van der Waals surface area contributed by atoms with E-state index in [2.05, 4.69) is 86.7 Å². The summed E-state index contributed by atoms with van der Waals surface area (Å²) in [7, 11) is 2.09. The standard InChI is InChI=1S/C28H25N2O/c1-17-15-22(28(2,3)4)25-21-12-11-19(29-5)16-23(21)31-27(25)24(17)26-20-10-8-7-9-18(20)13-14-30(26)6/h7-16H,1-4,6H3/q+1. The van der Waals surface area contributed by atoms with E-state index in [-0.39, 0.29) is 5.41 Å². The third-order valence-electron chi connectivity index (χ3n) is 6.15. The molecule has 0 bridgehead atoms. The molecule has 2 heterocycles. The van der Waals surface area contributed by atoms with E-state index >= 15 is 0 Å². The molecule has 3 nitrogen and oxygen atoms in total. The molecule has 0 unspecified atom stereocenters. The lowest BCUT2D eigenvalue weighted by atomic mass is 9.81. The molecule has 2 aromatic heterocycles. The third-order valence-corrected chi connectivity index (χ3v) is 6.15. The molecule has 3 aromatic carbocycles. The maximum atomic E-state index is 7.40. The van der Waals surface area contributed by atoms with Gasteiger partial charge in [0.1, 0.15) is 18.2 Å². The Hall–Kier alpha value is -3.64. The Morgan fingerprint density at radius 1 is 0.968 bits per heavy atom. The average Bonchev–Trinajstić information content (AvgIpc) is 3.11. The molecule has 0 amide bonds. The molecule has 3 heteroatoms. The van der Waals surface area contributed by atoms with Crippen molar-refractivity contribution in [3.63, 3.8) is 0 Å². The van der Waals surface area contributed by atoms with Gasteiger partial charge in [-0.1, -0.05) is 57.2 Å². The molecule has 0 aliphatic carbocycles. The maximum Gasteiger partial charge on any atom is 0.224 e. The summed E-state index contributed by atoms with van der Waals surface area (Å²) in [5.41, 5.74) is 6.93. The second-order valence-corrected chi connectivity index (χ2v) is 9.33. The van der Waals surface area contributed by atoms with Crippen molar-refractivity contribution in [3.8, 4) is 11.3 Å². The molecule has 5 aromatic rings. The van der Waals surface area contributed by atoms with Crippen molar-refractivity contribution in [1.29, 1.82) is 0 Å². The van der Waals surface area contributed by atoms with Crippen molar-refractivity contribution in [2.24, 2.45) is 7.05 Å². The van der Waals surface area contributed by atoms with E-state index in [0.717, 1.165) is 33.2 Å². The van der Waals surface area contributed by atoms with E-state index in [1.807, 2.05) is 18.2 Å². The monoisotopic (exact) mass is 405 g/mol. The summed E-state index contributed by atoms with van der Waals surface area (Å²) in [6, 6.07) is 18.7. The number of hydrogen-bond donors (Lipinski definition) is 0. The normalized spacial score (nSPS) is 12.0. The van der Waals surface area contributed by atoms with Gasteiger partial charge in [0.2, 0.25) is 5.69 Å². The molecular weight excluding hydrogens is 380 g/mol. The van der Waals surface area contributed by atoms with Crippen LogP contribution in [0.3, 0.4) is 0 Å². The molecule has 0 fully saturated rings. The van der Waals surface area contributed by atoms with Crippen LogP contribution in [0.5, 0.6) is 0 Å². The fourth-order valence-corrected chi connectivity index (χ4v) is 4.65. The highest BCUT2D eigenvalue weighted by Crippen LogP contribution is 2.44.